The minimum atomic E-state index is -1.89. The Labute approximate surface area is 261 Å². The van der Waals surface area contributed by atoms with Gasteiger partial charge < -0.3 is 84.2 Å². The molecule has 3 aliphatic heterocycles. The normalized spacial score (nSPS) is 34.2. The van der Waals surface area contributed by atoms with Gasteiger partial charge in [0, 0.05) is 12.1 Å². The molecule has 3 heterocycles. The van der Waals surface area contributed by atoms with E-state index in [1.807, 2.05) is 0 Å². The van der Waals surface area contributed by atoms with E-state index in [1.54, 1.807) is 0 Å². The van der Waals surface area contributed by atoms with Crippen LogP contribution in [0.3, 0.4) is 0 Å². The van der Waals surface area contributed by atoms with Crippen LogP contribution >= 0.6 is 0 Å². The Hall–Kier alpha value is -3.62. The van der Waals surface area contributed by atoms with Crippen LogP contribution in [0.5, 0.6) is 34.5 Å². The zero-order chi connectivity index (χ0) is 33.4. The van der Waals surface area contributed by atoms with Gasteiger partial charge in [-0.2, -0.15) is 0 Å². The zero-order valence-corrected chi connectivity index (χ0v) is 24.5. The molecule has 0 saturated carbocycles. The van der Waals surface area contributed by atoms with E-state index in [0.29, 0.717) is 5.56 Å². The predicted octanol–water partition coefficient (Wildman–Crippen LogP) is -2.20. The summed E-state index contributed by atoms with van der Waals surface area (Å²) in [6.45, 7) is -1.54. The molecule has 0 radical (unpaired) electrons. The standard InChI is InChI=1S/C29H36O17/c1-40-15-3-10(4-16(41-2)20(15)34)26-17(7-12-13(33)5-11(32)6-14(12)42-26)43-29-27(24(38)22(36)19(9-31)45-29)46-28-25(39)23(37)21(35)18(8-30)44-28/h3-7,18-19,21-39H,8-9H2,1-2H3/p+1. The van der Waals surface area contributed by atoms with Gasteiger partial charge in [0.05, 0.1) is 39.1 Å². The molecule has 5 rings (SSSR count). The fourth-order valence-corrected chi connectivity index (χ4v) is 5.46. The van der Waals surface area contributed by atoms with Gasteiger partial charge in [0.2, 0.25) is 12.0 Å². The second kappa shape index (κ2) is 13.6. The molecule has 0 spiro atoms. The fraction of sp³-hybridized carbons (Fsp3) is 0.517. The second-order valence-electron chi connectivity index (χ2n) is 10.9. The van der Waals surface area contributed by atoms with Crippen molar-refractivity contribution in [3.63, 3.8) is 0 Å². The van der Waals surface area contributed by atoms with Gasteiger partial charge in [-0.3, -0.25) is 0 Å². The fourth-order valence-electron chi connectivity index (χ4n) is 5.46. The van der Waals surface area contributed by atoms with E-state index in [9.17, 15) is 51.1 Å². The summed E-state index contributed by atoms with van der Waals surface area (Å²) >= 11 is 0. The van der Waals surface area contributed by atoms with Crippen molar-refractivity contribution in [1.82, 2.24) is 0 Å². The third-order valence-corrected chi connectivity index (χ3v) is 7.98. The number of ether oxygens (including phenoxy) is 7. The Morgan fingerprint density at radius 3 is 1.91 bits per heavy atom. The minimum Gasteiger partial charge on any atom is -0.571 e. The number of methoxy groups -OCH3 is 2. The molecular weight excluding hydrogens is 620 g/mol. The molecule has 2 aromatic rings. The van der Waals surface area contributed by atoms with Gasteiger partial charge >= 0.3 is 0 Å². The number of benzene rings is 2. The number of phenols is 3. The number of phenolic OH excluding ortho intramolecular Hbond substituents is 3. The summed E-state index contributed by atoms with van der Waals surface area (Å²) in [7, 11) is 2.63. The molecule has 2 fully saturated rings. The van der Waals surface area contributed by atoms with Gasteiger partial charge in [0.1, 0.15) is 59.8 Å². The average Bonchev–Trinajstić information content (AvgIpc) is 3.04. The molecule has 2 saturated heterocycles. The summed E-state index contributed by atoms with van der Waals surface area (Å²) in [6, 6.07) is 5.21. The first-order valence-corrected chi connectivity index (χ1v) is 14.1. The molecule has 0 bridgehead atoms. The number of aliphatic hydroxyl groups excluding tert-OH is 7. The molecule has 254 valence electrons. The molecule has 17 heteroatoms. The van der Waals surface area contributed by atoms with Crippen molar-refractivity contribution in [3.05, 3.63) is 41.2 Å². The van der Waals surface area contributed by atoms with Crippen LogP contribution < -0.4 is 9.47 Å². The van der Waals surface area contributed by atoms with Crippen LogP contribution in [0.1, 0.15) is 17.2 Å². The highest BCUT2D eigenvalue weighted by Crippen LogP contribution is 2.48. The number of fused-ring (bicyclic) bond motifs is 1. The average molecular weight is 658 g/mol. The smallest absolute Gasteiger partial charge is 0.270 e. The summed E-state index contributed by atoms with van der Waals surface area (Å²) in [5.74, 6) is -0.891. The Morgan fingerprint density at radius 2 is 1.33 bits per heavy atom. The van der Waals surface area contributed by atoms with Crippen molar-refractivity contribution in [2.45, 2.75) is 67.5 Å². The summed E-state index contributed by atoms with van der Waals surface area (Å²) in [5.41, 5.74) is 0.427. The maximum absolute atomic E-state index is 11.1. The lowest BCUT2D eigenvalue weighted by atomic mass is 9.97. The molecule has 0 aromatic heterocycles. The van der Waals surface area contributed by atoms with Gasteiger partial charge in [0.15, 0.2) is 29.7 Å². The van der Waals surface area contributed by atoms with Crippen molar-refractivity contribution in [2.24, 2.45) is 0 Å². The highest BCUT2D eigenvalue weighted by atomic mass is 16.8. The van der Waals surface area contributed by atoms with Gasteiger partial charge in [0.25, 0.3) is 11.9 Å². The number of hydrogen-bond acceptors (Lipinski definition) is 16. The van der Waals surface area contributed by atoms with Crippen LogP contribution in [0.25, 0.3) is 6.08 Å². The van der Waals surface area contributed by atoms with Crippen molar-refractivity contribution in [1.29, 1.82) is 0 Å². The lowest BCUT2D eigenvalue weighted by Crippen LogP contribution is -2.64. The lowest BCUT2D eigenvalue weighted by Gasteiger charge is -2.46. The highest BCUT2D eigenvalue weighted by Gasteiger charge is 2.52. The van der Waals surface area contributed by atoms with Crippen molar-refractivity contribution >= 4 is 6.08 Å². The molecule has 3 aliphatic rings. The molecule has 0 amide bonds. The SMILES string of the molecule is COc1cc(C2[OH+]c3cc(O)cc(O)c3C=C2OC2OC(CO)C(O)C(O)C2OC2OC(CO)C(O)C(O)C2O)cc(OC)c1O. The molecule has 17 nitrogen and oxygen atoms in total. The summed E-state index contributed by atoms with van der Waals surface area (Å²) in [4.78, 5) is 0. The number of rotatable bonds is 9. The molecule has 0 aliphatic carbocycles. The number of aromatic hydroxyl groups is 4. The van der Waals surface area contributed by atoms with Crippen molar-refractivity contribution < 1.29 is 84.2 Å². The molecule has 11 unspecified atom stereocenters. The minimum absolute atomic E-state index is 0.00471. The van der Waals surface area contributed by atoms with Crippen LogP contribution in [0, 0.1) is 0 Å². The van der Waals surface area contributed by atoms with Crippen LogP contribution in [-0.4, -0.2) is 145 Å². The molecule has 11 atom stereocenters. The zero-order valence-electron chi connectivity index (χ0n) is 24.5. The van der Waals surface area contributed by atoms with Crippen molar-refractivity contribution in [3.8, 4) is 34.5 Å². The van der Waals surface area contributed by atoms with E-state index >= 15 is 0 Å². The van der Waals surface area contributed by atoms with Gasteiger partial charge in [-0.15, -0.1) is 0 Å². The van der Waals surface area contributed by atoms with Crippen molar-refractivity contribution in [2.75, 3.05) is 27.4 Å². The highest BCUT2D eigenvalue weighted by molar-refractivity contribution is 5.69. The van der Waals surface area contributed by atoms with Crippen LogP contribution in [0.4, 0.5) is 0 Å². The third kappa shape index (κ3) is 6.21. The third-order valence-electron chi connectivity index (χ3n) is 7.98. The van der Waals surface area contributed by atoms with E-state index in [4.69, 9.17) is 28.4 Å². The predicted molar refractivity (Wildman–Crippen MR) is 151 cm³/mol. The van der Waals surface area contributed by atoms with E-state index in [2.05, 4.69) is 4.74 Å². The van der Waals surface area contributed by atoms with E-state index in [0.717, 1.165) is 6.07 Å². The number of hydrogen-bond donors (Lipinski definition) is 10. The maximum Gasteiger partial charge on any atom is 0.270 e. The summed E-state index contributed by atoms with van der Waals surface area (Å²) in [6.07, 6.45) is -16.7. The maximum atomic E-state index is 11.1. The first-order chi connectivity index (χ1) is 21.9. The monoisotopic (exact) mass is 657 g/mol. The van der Waals surface area contributed by atoms with Crippen LogP contribution in [0.15, 0.2) is 30.0 Å². The van der Waals surface area contributed by atoms with Crippen LogP contribution in [0.2, 0.25) is 0 Å². The molecule has 2 aromatic carbocycles. The quantitative estimate of drug-likeness (QED) is 0.128. The van der Waals surface area contributed by atoms with Gasteiger partial charge in [-0.1, -0.05) is 0 Å². The van der Waals surface area contributed by atoms with E-state index in [-0.39, 0.29) is 45.8 Å². The Kier molecular flexibility index (Phi) is 9.99. The van der Waals surface area contributed by atoms with Crippen LogP contribution in [-0.2, 0) is 18.9 Å². The topological polar surface area (TPSA) is 270 Å². The van der Waals surface area contributed by atoms with Gasteiger partial charge in [-0.25, -0.2) is 0 Å². The largest absolute Gasteiger partial charge is 0.571 e. The first kappa shape index (κ1) is 33.7. The molecule has 11 N–H and O–H groups in total. The summed E-state index contributed by atoms with van der Waals surface area (Å²) in [5, 5.41) is 103. The Morgan fingerprint density at radius 1 is 0.739 bits per heavy atom. The Bertz CT molecular complexity index is 1390. The Balaban J connectivity index is 1.55. The molecule has 46 heavy (non-hydrogen) atoms. The lowest BCUT2D eigenvalue weighted by molar-refractivity contribution is -0.364. The summed E-state index contributed by atoms with van der Waals surface area (Å²) < 4.78 is 38.3. The van der Waals surface area contributed by atoms with E-state index < -0.39 is 80.7 Å². The first-order valence-electron chi connectivity index (χ1n) is 14.1. The molecular formula is C29H37O17+. The van der Waals surface area contributed by atoms with E-state index in [1.165, 1.54) is 38.5 Å². The number of aliphatic hydroxyl groups is 8. The van der Waals surface area contributed by atoms with Gasteiger partial charge in [-0.05, 0) is 12.1 Å². The second-order valence-corrected chi connectivity index (χ2v) is 10.9.